The molecule has 0 spiro atoms. The van der Waals surface area contributed by atoms with Crippen molar-refractivity contribution < 1.29 is 18.3 Å². The molecule has 0 fully saturated rings. The highest BCUT2D eigenvalue weighted by Crippen LogP contribution is 2.37. The summed E-state index contributed by atoms with van der Waals surface area (Å²) in [5.41, 5.74) is 2.41. The third-order valence-corrected chi connectivity index (χ3v) is 6.68. The van der Waals surface area contributed by atoms with Crippen LogP contribution in [0.2, 0.25) is 0 Å². The number of aromatic nitrogens is 1. The molecule has 1 aliphatic rings. The molecule has 3 aromatic rings. The molecule has 0 radical (unpaired) electrons. The molecule has 2 N–H and O–H groups in total. The first-order chi connectivity index (χ1) is 13.8. The van der Waals surface area contributed by atoms with E-state index in [1.165, 1.54) is 18.2 Å². The van der Waals surface area contributed by atoms with Crippen molar-refractivity contribution in [2.45, 2.75) is 32.2 Å². The van der Waals surface area contributed by atoms with Crippen molar-refractivity contribution in [3.05, 3.63) is 58.1 Å². The van der Waals surface area contributed by atoms with Crippen LogP contribution in [0, 0.1) is 6.92 Å². The molecule has 1 aliphatic heterocycles. The highest BCUT2D eigenvalue weighted by molar-refractivity contribution is 7.89. The van der Waals surface area contributed by atoms with E-state index >= 15 is 0 Å². The molecule has 0 unspecified atom stereocenters. The Balaban J connectivity index is 2.12. The minimum atomic E-state index is -3.70. The number of nitrogens with zero attached hydrogens (tertiary/aromatic N) is 2. The molecular formula is C21H21N3O4S. The summed E-state index contributed by atoms with van der Waals surface area (Å²) >= 11 is 0. The van der Waals surface area contributed by atoms with Crippen LogP contribution in [0.25, 0.3) is 16.5 Å². The molecule has 7 nitrogen and oxygen atoms in total. The first-order valence-corrected chi connectivity index (χ1v) is 10.9. The van der Waals surface area contributed by atoms with Crippen molar-refractivity contribution in [3.63, 3.8) is 0 Å². The number of rotatable bonds is 5. The fraction of sp³-hybridized carbons (Fsp3) is 0.238. The Labute approximate surface area is 168 Å². The van der Waals surface area contributed by atoms with Gasteiger partial charge in [-0.2, -0.15) is 0 Å². The molecule has 2 heterocycles. The van der Waals surface area contributed by atoms with Gasteiger partial charge in [0.05, 0.1) is 26.9 Å². The van der Waals surface area contributed by atoms with Crippen molar-refractivity contribution in [1.82, 2.24) is 9.29 Å². The molecule has 150 valence electrons. The molecule has 0 saturated heterocycles. The number of hydrogen-bond acceptors (Lipinski definition) is 4. The van der Waals surface area contributed by atoms with Gasteiger partial charge in [0, 0.05) is 23.7 Å². The number of aryl methyl sites for hydroxylation is 2. The number of hydrogen-bond donors (Lipinski definition) is 2. The van der Waals surface area contributed by atoms with Gasteiger partial charge in [-0.3, -0.25) is 4.79 Å². The zero-order chi connectivity index (χ0) is 20.9. The molecule has 0 atom stereocenters. The molecular weight excluding hydrogens is 390 g/mol. The number of carbonyl (C=O) groups is 1. The van der Waals surface area contributed by atoms with Crippen LogP contribution < -0.4 is 15.3 Å². The van der Waals surface area contributed by atoms with Gasteiger partial charge >= 0.3 is 0 Å². The maximum absolute atomic E-state index is 12.8. The molecule has 0 aliphatic carbocycles. The van der Waals surface area contributed by atoms with Gasteiger partial charge in [-0.1, -0.05) is 25.1 Å². The van der Waals surface area contributed by atoms with Crippen LogP contribution in [0.1, 0.15) is 25.0 Å². The molecule has 2 aromatic carbocycles. The predicted octanol–water partition coefficient (Wildman–Crippen LogP) is 1.33. The fourth-order valence-corrected chi connectivity index (χ4v) is 4.98. The summed E-state index contributed by atoms with van der Waals surface area (Å²) in [4.78, 5) is 16.9. The van der Waals surface area contributed by atoms with Crippen LogP contribution >= 0.6 is 0 Å². The highest BCUT2D eigenvalue weighted by atomic mass is 32.2. The Bertz CT molecular complexity index is 1400. The van der Waals surface area contributed by atoms with Crippen LogP contribution in [0.5, 0.6) is 5.88 Å². The van der Waals surface area contributed by atoms with Crippen molar-refractivity contribution in [2.24, 2.45) is 4.99 Å². The smallest absolute Gasteiger partial charge is 0.279 e. The SMILES string of the molecule is CCNS(=O)(=O)c1ccc2c(c1)=C(c1c(O)n(CC)c3c(C)cccc13)C(=O)N=2. The summed E-state index contributed by atoms with van der Waals surface area (Å²) < 4.78 is 29.1. The molecule has 29 heavy (non-hydrogen) atoms. The third kappa shape index (κ3) is 2.87. The van der Waals surface area contributed by atoms with Gasteiger partial charge in [-0.25, -0.2) is 18.1 Å². The van der Waals surface area contributed by atoms with E-state index in [9.17, 15) is 18.3 Å². The van der Waals surface area contributed by atoms with Crippen molar-refractivity contribution in [1.29, 1.82) is 0 Å². The van der Waals surface area contributed by atoms with Crippen molar-refractivity contribution >= 4 is 32.4 Å². The minimum absolute atomic E-state index is 0.0249. The Hall–Kier alpha value is -2.97. The Morgan fingerprint density at radius 1 is 1.17 bits per heavy atom. The molecule has 0 bridgehead atoms. The van der Waals surface area contributed by atoms with E-state index in [2.05, 4.69) is 9.71 Å². The number of amides is 1. The maximum Gasteiger partial charge on any atom is 0.279 e. The molecule has 1 aromatic heterocycles. The van der Waals surface area contributed by atoms with Gasteiger partial charge in [-0.15, -0.1) is 0 Å². The van der Waals surface area contributed by atoms with Gasteiger partial charge in [0.15, 0.2) is 5.88 Å². The van der Waals surface area contributed by atoms with Gasteiger partial charge in [-0.05, 0) is 37.6 Å². The van der Waals surface area contributed by atoms with Crippen LogP contribution in [0.15, 0.2) is 46.3 Å². The average molecular weight is 411 g/mol. The quantitative estimate of drug-likeness (QED) is 0.661. The Kier molecular flexibility index (Phi) is 4.55. The molecule has 1 amide bonds. The van der Waals surface area contributed by atoms with Crippen molar-refractivity contribution in [3.8, 4) is 5.88 Å². The lowest BCUT2D eigenvalue weighted by Gasteiger charge is -2.05. The summed E-state index contributed by atoms with van der Waals surface area (Å²) in [5, 5.41) is 12.5. The van der Waals surface area contributed by atoms with E-state index in [4.69, 9.17) is 0 Å². The number of aromatic hydroxyl groups is 1. The van der Waals surface area contributed by atoms with Crippen molar-refractivity contribution in [2.75, 3.05) is 6.54 Å². The summed E-state index contributed by atoms with van der Waals surface area (Å²) in [6.07, 6.45) is 0. The summed E-state index contributed by atoms with van der Waals surface area (Å²) in [5.74, 6) is -0.520. The summed E-state index contributed by atoms with van der Waals surface area (Å²) in [6.45, 7) is 6.33. The Morgan fingerprint density at radius 2 is 1.93 bits per heavy atom. The summed E-state index contributed by atoms with van der Waals surface area (Å²) in [6, 6.07) is 10.0. The van der Waals surface area contributed by atoms with E-state index in [1.807, 2.05) is 32.0 Å². The molecule has 4 rings (SSSR count). The summed E-state index contributed by atoms with van der Waals surface area (Å²) in [7, 11) is -3.70. The van der Waals surface area contributed by atoms with Gasteiger partial charge in [0.2, 0.25) is 10.0 Å². The lowest BCUT2D eigenvalue weighted by atomic mass is 10.0. The van der Waals surface area contributed by atoms with Crippen LogP contribution in [0.3, 0.4) is 0 Å². The first kappa shape index (κ1) is 19.4. The Morgan fingerprint density at radius 3 is 2.62 bits per heavy atom. The number of carbonyl (C=O) groups excluding carboxylic acids is 1. The van der Waals surface area contributed by atoms with Gasteiger partial charge in [0.25, 0.3) is 5.91 Å². The minimum Gasteiger partial charge on any atom is -0.494 e. The standard InChI is InChI=1S/C21H21N3O4S/c1-4-22-29(27,28)13-9-10-16-15(11-13)17(20(25)23-16)18-14-8-6-7-12(3)19(14)24(5-2)21(18)26/h6-11,22,26H,4-5H2,1-3H3. The highest BCUT2D eigenvalue weighted by Gasteiger charge is 2.28. The number of nitrogens with one attached hydrogen (secondary N) is 1. The van der Waals surface area contributed by atoms with Gasteiger partial charge in [0.1, 0.15) is 0 Å². The second-order valence-electron chi connectivity index (χ2n) is 6.89. The first-order valence-electron chi connectivity index (χ1n) is 9.38. The topological polar surface area (TPSA) is 101 Å². The fourth-order valence-electron chi connectivity index (χ4n) is 3.91. The number of fused-ring (bicyclic) bond motifs is 2. The number of benzene rings is 2. The lowest BCUT2D eigenvalue weighted by molar-refractivity contribution is -0.112. The zero-order valence-corrected chi connectivity index (χ0v) is 17.2. The van der Waals surface area contributed by atoms with E-state index in [1.54, 1.807) is 11.5 Å². The lowest BCUT2D eigenvalue weighted by Crippen LogP contribution is -2.28. The monoisotopic (exact) mass is 411 g/mol. The van der Waals surface area contributed by atoms with E-state index < -0.39 is 15.9 Å². The average Bonchev–Trinajstić information content (AvgIpc) is 3.14. The molecule has 0 saturated carbocycles. The van der Waals surface area contributed by atoms with Crippen LogP contribution in [-0.2, 0) is 21.4 Å². The number of para-hydroxylation sites is 1. The van der Waals surface area contributed by atoms with E-state index in [-0.39, 0.29) is 22.9 Å². The largest absolute Gasteiger partial charge is 0.494 e. The van der Waals surface area contributed by atoms with E-state index in [0.717, 1.165) is 16.5 Å². The second-order valence-corrected chi connectivity index (χ2v) is 8.65. The van der Waals surface area contributed by atoms with Gasteiger partial charge < -0.3 is 9.67 Å². The third-order valence-electron chi connectivity index (χ3n) is 5.14. The van der Waals surface area contributed by atoms with Crippen LogP contribution in [-0.4, -0.2) is 30.5 Å². The predicted molar refractivity (Wildman–Crippen MR) is 110 cm³/mol. The second kappa shape index (κ2) is 6.82. The van der Waals surface area contributed by atoms with Crippen LogP contribution in [0.4, 0.5) is 0 Å². The number of sulfonamides is 1. The normalized spacial score (nSPS) is 13.8. The van der Waals surface area contributed by atoms with E-state index in [0.29, 0.717) is 22.7 Å². The zero-order valence-electron chi connectivity index (χ0n) is 16.4. The molecule has 8 heteroatoms. The maximum atomic E-state index is 12.8.